The van der Waals surface area contributed by atoms with Crippen LogP contribution in [0.5, 0.6) is 0 Å². The van der Waals surface area contributed by atoms with Crippen LogP contribution in [0.15, 0.2) is 11.1 Å². The number of ether oxygens (including phenoxy) is 1. The van der Waals surface area contributed by atoms with E-state index in [4.69, 9.17) is 10.5 Å². The molecule has 0 aliphatic carbocycles. The molecule has 9 nitrogen and oxygen atoms in total. The fourth-order valence-electron chi connectivity index (χ4n) is 3.21. The molecule has 2 aromatic heterocycles. The highest BCUT2D eigenvalue weighted by Crippen LogP contribution is 2.25. The average Bonchev–Trinajstić information content (AvgIpc) is 2.96. The molecule has 2 N–H and O–H groups in total. The highest BCUT2D eigenvalue weighted by atomic mass is 32.1. The van der Waals surface area contributed by atoms with E-state index in [1.807, 2.05) is 13.8 Å². The minimum atomic E-state index is -0.687. The largest absolute Gasteiger partial charge is 0.454 e. The number of aromatic nitrogens is 2. The number of piperidine rings is 1. The first-order chi connectivity index (χ1) is 13.3. The summed E-state index contributed by atoms with van der Waals surface area (Å²) in [5, 5.41) is 0.506. The third-order valence-corrected chi connectivity index (χ3v) is 6.18. The van der Waals surface area contributed by atoms with Gasteiger partial charge in [-0.25, -0.2) is 4.98 Å². The normalized spacial score (nSPS) is 15.0. The number of thiophene rings is 1. The Morgan fingerprint density at radius 1 is 1.29 bits per heavy atom. The lowest BCUT2D eigenvalue weighted by Crippen LogP contribution is -2.43. The van der Waals surface area contributed by atoms with Crippen LogP contribution in [0, 0.1) is 19.8 Å². The molecule has 0 bridgehead atoms. The van der Waals surface area contributed by atoms with Crippen LogP contribution in [-0.2, 0) is 25.7 Å². The van der Waals surface area contributed by atoms with Crippen molar-refractivity contribution in [1.29, 1.82) is 0 Å². The molecule has 0 radical (unpaired) electrons. The van der Waals surface area contributed by atoms with Crippen molar-refractivity contribution < 1.29 is 19.1 Å². The predicted octanol–water partition coefficient (Wildman–Crippen LogP) is 0.342. The van der Waals surface area contributed by atoms with Gasteiger partial charge in [-0.05, 0) is 32.3 Å². The Balaban J connectivity index is 1.56. The lowest BCUT2D eigenvalue weighted by atomic mass is 9.96. The quantitative estimate of drug-likeness (QED) is 0.714. The fourth-order valence-corrected chi connectivity index (χ4v) is 4.20. The Labute approximate surface area is 165 Å². The van der Waals surface area contributed by atoms with E-state index in [1.165, 1.54) is 22.2 Å². The smallest absolute Gasteiger partial charge is 0.326 e. The molecule has 0 aromatic carbocycles. The number of hydrogen-bond acceptors (Lipinski definition) is 7. The van der Waals surface area contributed by atoms with Crippen molar-refractivity contribution in [2.75, 3.05) is 19.7 Å². The molecule has 1 fully saturated rings. The van der Waals surface area contributed by atoms with Crippen LogP contribution in [0.3, 0.4) is 0 Å². The Bertz CT molecular complexity index is 988. The Hall–Kier alpha value is -2.75. The molecular weight excluding hydrogens is 384 g/mol. The zero-order valence-corrected chi connectivity index (χ0v) is 16.6. The minimum Gasteiger partial charge on any atom is -0.454 e. The zero-order chi connectivity index (χ0) is 20.4. The van der Waals surface area contributed by atoms with Crippen LogP contribution in [0.4, 0.5) is 0 Å². The molecule has 2 aromatic rings. The van der Waals surface area contributed by atoms with Crippen molar-refractivity contribution in [3.05, 3.63) is 27.1 Å². The molecule has 1 aliphatic heterocycles. The first kappa shape index (κ1) is 20.0. The zero-order valence-electron chi connectivity index (χ0n) is 15.8. The first-order valence-corrected chi connectivity index (χ1v) is 9.77. The van der Waals surface area contributed by atoms with Gasteiger partial charge in [0.1, 0.15) is 11.4 Å². The number of primary amides is 1. The van der Waals surface area contributed by atoms with Crippen molar-refractivity contribution in [2.45, 2.75) is 33.2 Å². The van der Waals surface area contributed by atoms with Gasteiger partial charge in [0.25, 0.3) is 11.5 Å². The molecule has 2 amide bonds. The molecule has 1 aliphatic rings. The van der Waals surface area contributed by atoms with Gasteiger partial charge in [0.05, 0.1) is 11.7 Å². The van der Waals surface area contributed by atoms with Gasteiger partial charge in [0, 0.05) is 23.9 Å². The molecule has 3 rings (SSSR count). The summed E-state index contributed by atoms with van der Waals surface area (Å²) in [5.41, 5.74) is 5.83. The molecule has 3 heterocycles. The summed E-state index contributed by atoms with van der Waals surface area (Å²) >= 11 is 1.43. The van der Waals surface area contributed by atoms with Gasteiger partial charge in [-0.1, -0.05) is 0 Å². The lowest BCUT2D eigenvalue weighted by molar-refractivity contribution is -0.153. The summed E-state index contributed by atoms with van der Waals surface area (Å²) in [6, 6.07) is 0. The van der Waals surface area contributed by atoms with Crippen molar-refractivity contribution in [2.24, 2.45) is 11.7 Å². The Morgan fingerprint density at radius 3 is 2.61 bits per heavy atom. The second-order valence-electron chi connectivity index (χ2n) is 6.86. The van der Waals surface area contributed by atoms with Gasteiger partial charge in [0.2, 0.25) is 5.91 Å². The topological polar surface area (TPSA) is 125 Å². The standard InChI is InChI=1S/C18H22N4O5S/c1-10-11(2)28-17-15(10)18(26)22(9-20-17)7-14(24)27-8-13(23)21-5-3-12(4-6-21)16(19)25/h9,12H,3-8H2,1-2H3,(H2,19,25). The summed E-state index contributed by atoms with van der Waals surface area (Å²) in [6.45, 7) is 3.85. The van der Waals surface area contributed by atoms with Crippen molar-refractivity contribution in [3.63, 3.8) is 0 Å². The number of nitrogens with zero attached hydrogens (tertiary/aromatic N) is 3. The highest BCUT2D eigenvalue weighted by molar-refractivity contribution is 7.18. The molecular formula is C18H22N4O5S. The van der Waals surface area contributed by atoms with Crippen molar-refractivity contribution in [1.82, 2.24) is 14.5 Å². The number of rotatable bonds is 5. The summed E-state index contributed by atoms with van der Waals surface area (Å²) in [5.74, 6) is -1.59. The second kappa shape index (κ2) is 8.09. The van der Waals surface area contributed by atoms with E-state index in [0.717, 1.165) is 10.4 Å². The number of hydrogen-bond donors (Lipinski definition) is 1. The summed E-state index contributed by atoms with van der Waals surface area (Å²) in [7, 11) is 0. The molecule has 0 unspecified atom stereocenters. The van der Waals surface area contributed by atoms with E-state index in [1.54, 1.807) is 4.90 Å². The third-order valence-electron chi connectivity index (χ3n) is 5.06. The second-order valence-corrected chi connectivity index (χ2v) is 8.06. The number of likely N-dealkylation sites (tertiary alicyclic amines) is 1. The number of fused-ring (bicyclic) bond motifs is 1. The van der Waals surface area contributed by atoms with E-state index in [2.05, 4.69) is 4.98 Å². The molecule has 28 heavy (non-hydrogen) atoms. The number of esters is 1. The van der Waals surface area contributed by atoms with Gasteiger partial charge in [-0.3, -0.25) is 23.7 Å². The van der Waals surface area contributed by atoms with Crippen LogP contribution in [0.1, 0.15) is 23.3 Å². The van der Waals surface area contributed by atoms with Crippen LogP contribution in [-0.4, -0.2) is 51.9 Å². The van der Waals surface area contributed by atoms with Crippen LogP contribution < -0.4 is 11.3 Å². The maximum atomic E-state index is 12.6. The molecule has 1 saturated heterocycles. The average molecular weight is 406 g/mol. The fraction of sp³-hybridized carbons (Fsp3) is 0.500. The predicted molar refractivity (Wildman–Crippen MR) is 103 cm³/mol. The van der Waals surface area contributed by atoms with Gasteiger partial charge >= 0.3 is 5.97 Å². The van der Waals surface area contributed by atoms with Crippen molar-refractivity contribution >= 4 is 39.3 Å². The van der Waals surface area contributed by atoms with E-state index in [9.17, 15) is 19.2 Å². The van der Waals surface area contributed by atoms with Gasteiger partial charge < -0.3 is 15.4 Å². The number of carbonyl (C=O) groups is 3. The summed E-state index contributed by atoms with van der Waals surface area (Å²) < 4.78 is 6.22. The Kier molecular flexibility index (Phi) is 5.78. The molecule has 0 atom stereocenters. The van der Waals surface area contributed by atoms with E-state index >= 15 is 0 Å². The van der Waals surface area contributed by atoms with Crippen LogP contribution in [0.2, 0.25) is 0 Å². The van der Waals surface area contributed by atoms with Crippen molar-refractivity contribution in [3.8, 4) is 0 Å². The molecule has 150 valence electrons. The van der Waals surface area contributed by atoms with Crippen LogP contribution >= 0.6 is 11.3 Å². The SMILES string of the molecule is Cc1sc2ncn(CC(=O)OCC(=O)N3CCC(C(N)=O)CC3)c(=O)c2c1C. The van der Waals surface area contributed by atoms with Crippen LogP contribution in [0.25, 0.3) is 10.2 Å². The van der Waals surface area contributed by atoms with Gasteiger partial charge in [-0.2, -0.15) is 0 Å². The monoisotopic (exact) mass is 406 g/mol. The maximum absolute atomic E-state index is 12.6. The van der Waals surface area contributed by atoms with Gasteiger partial charge in [0.15, 0.2) is 6.61 Å². The van der Waals surface area contributed by atoms with E-state index in [-0.39, 0.29) is 29.8 Å². The minimum absolute atomic E-state index is 0.218. The third kappa shape index (κ3) is 4.06. The van der Waals surface area contributed by atoms with E-state index < -0.39 is 12.6 Å². The van der Waals surface area contributed by atoms with Gasteiger partial charge in [-0.15, -0.1) is 11.3 Å². The molecule has 0 spiro atoms. The lowest BCUT2D eigenvalue weighted by Gasteiger charge is -2.30. The number of nitrogens with two attached hydrogens (primary N) is 1. The summed E-state index contributed by atoms with van der Waals surface area (Å²) in [6.07, 6.45) is 2.34. The highest BCUT2D eigenvalue weighted by Gasteiger charge is 2.26. The number of aryl methyl sites for hydroxylation is 2. The number of carbonyl (C=O) groups excluding carboxylic acids is 3. The van der Waals surface area contributed by atoms with E-state index in [0.29, 0.717) is 36.1 Å². The first-order valence-electron chi connectivity index (χ1n) is 8.95. The summed E-state index contributed by atoms with van der Waals surface area (Å²) in [4.78, 5) is 55.4. The number of amides is 2. The Morgan fingerprint density at radius 2 is 1.96 bits per heavy atom. The molecule has 0 saturated carbocycles. The molecule has 10 heteroatoms. The maximum Gasteiger partial charge on any atom is 0.326 e.